The van der Waals surface area contributed by atoms with Gasteiger partial charge in [0.15, 0.2) is 0 Å². The Balaban J connectivity index is 1.68. The Morgan fingerprint density at radius 2 is 2.05 bits per heavy atom. The lowest BCUT2D eigenvalue weighted by atomic mass is 9.55. The predicted molar refractivity (Wildman–Crippen MR) is 83.6 cm³/mol. The van der Waals surface area contributed by atoms with Crippen LogP contribution in [0.15, 0.2) is 18.2 Å². The molecule has 2 saturated carbocycles. The molecular formula is C19H26O2. The van der Waals surface area contributed by atoms with Crippen molar-refractivity contribution in [1.82, 2.24) is 0 Å². The number of aliphatic hydroxyl groups is 1. The maximum atomic E-state index is 10.4. The SMILES string of the molecule is COc1ccc2c(c1)CC[C@@H]1C2CCC2(C)C(O)CCC12. The van der Waals surface area contributed by atoms with E-state index in [0.29, 0.717) is 5.92 Å². The number of rotatable bonds is 1. The Hall–Kier alpha value is -1.02. The number of benzene rings is 1. The second-order valence-corrected chi connectivity index (χ2v) is 7.62. The fourth-order valence-electron chi connectivity index (χ4n) is 5.66. The van der Waals surface area contributed by atoms with E-state index in [9.17, 15) is 5.11 Å². The van der Waals surface area contributed by atoms with Crippen molar-refractivity contribution in [1.29, 1.82) is 0 Å². The van der Waals surface area contributed by atoms with Crippen molar-refractivity contribution in [2.45, 2.75) is 57.5 Å². The molecule has 0 bridgehead atoms. The summed E-state index contributed by atoms with van der Waals surface area (Å²) in [6.45, 7) is 2.34. The molecule has 0 spiro atoms. The van der Waals surface area contributed by atoms with Gasteiger partial charge in [0.25, 0.3) is 0 Å². The first-order valence-corrected chi connectivity index (χ1v) is 8.48. The van der Waals surface area contributed by atoms with E-state index in [1.165, 1.54) is 37.7 Å². The number of aliphatic hydroxyl groups excluding tert-OH is 1. The van der Waals surface area contributed by atoms with Crippen LogP contribution < -0.4 is 4.74 Å². The fraction of sp³-hybridized carbons (Fsp3) is 0.684. The molecule has 5 atom stereocenters. The third-order valence-electron chi connectivity index (χ3n) is 6.88. The van der Waals surface area contributed by atoms with Crippen LogP contribution in [0, 0.1) is 17.3 Å². The van der Waals surface area contributed by atoms with Crippen LogP contribution in [0.2, 0.25) is 0 Å². The minimum atomic E-state index is -0.0688. The number of aryl methyl sites for hydroxylation is 1. The Labute approximate surface area is 127 Å². The van der Waals surface area contributed by atoms with Gasteiger partial charge >= 0.3 is 0 Å². The molecular weight excluding hydrogens is 260 g/mol. The summed E-state index contributed by atoms with van der Waals surface area (Å²) in [6, 6.07) is 6.67. The third kappa shape index (κ3) is 1.88. The number of ether oxygens (including phenoxy) is 1. The Morgan fingerprint density at radius 3 is 2.86 bits per heavy atom. The number of fused-ring (bicyclic) bond motifs is 5. The van der Waals surface area contributed by atoms with Crippen molar-refractivity contribution >= 4 is 0 Å². The topological polar surface area (TPSA) is 29.5 Å². The van der Waals surface area contributed by atoms with E-state index in [0.717, 1.165) is 24.0 Å². The molecule has 1 N–H and O–H groups in total. The highest BCUT2D eigenvalue weighted by molar-refractivity contribution is 5.40. The van der Waals surface area contributed by atoms with Crippen molar-refractivity contribution < 1.29 is 9.84 Å². The molecule has 0 heterocycles. The number of methoxy groups -OCH3 is 1. The molecule has 1 aromatic rings. The highest BCUT2D eigenvalue weighted by atomic mass is 16.5. The zero-order valence-electron chi connectivity index (χ0n) is 13.1. The maximum absolute atomic E-state index is 10.4. The van der Waals surface area contributed by atoms with Gasteiger partial charge in [-0.2, -0.15) is 0 Å². The first-order chi connectivity index (χ1) is 10.1. The van der Waals surface area contributed by atoms with Crippen LogP contribution >= 0.6 is 0 Å². The van der Waals surface area contributed by atoms with Crippen molar-refractivity contribution in [2.75, 3.05) is 7.11 Å². The van der Waals surface area contributed by atoms with Crippen LogP contribution in [0.1, 0.15) is 56.1 Å². The van der Waals surface area contributed by atoms with Crippen LogP contribution in [0.3, 0.4) is 0 Å². The van der Waals surface area contributed by atoms with Gasteiger partial charge in [0.1, 0.15) is 5.75 Å². The lowest BCUT2D eigenvalue weighted by Crippen LogP contribution is -2.43. The zero-order valence-corrected chi connectivity index (χ0v) is 13.1. The van der Waals surface area contributed by atoms with Gasteiger partial charge in [-0.25, -0.2) is 0 Å². The first kappa shape index (κ1) is 13.6. The Morgan fingerprint density at radius 1 is 1.19 bits per heavy atom. The van der Waals surface area contributed by atoms with E-state index < -0.39 is 0 Å². The molecule has 0 amide bonds. The summed E-state index contributed by atoms with van der Waals surface area (Å²) >= 11 is 0. The normalized spacial score (nSPS) is 41.1. The summed E-state index contributed by atoms with van der Waals surface area (Å²) in [5.41, 5.74) is 3.25. The molecule has 4 rings (SSSR count). The summed E-state index contributed by atoms with van der Waals surface area (Å²) in [4.78, 5) is 0. The Bertz CT molecular complexity index is 552. The monoisotopic (exact) mass is 286 g/mol. The van der Waals surface area contributed by atoms with Gasteiger partial charge in [0.05, 0.1) is 13.2 Å². The van der Waals surface area contributed by atoms with Gasteiger partial charge in [0, 0.05) is 0 Å². The standard InChI is InChI=1S/C19H26O2/c1-19-10-9-15-14-6-4-13(21-2)11-12(14)3-5-16(15)17(19)7-8-18(19)20/h4,6,11,15-18,20H,3,5,7-10H2,1-2H3/t15?,16-,17?,18?,19?/m1/s1. The second-order valence-electron chi connectivity index (χ2n) is 7.62. The minimum Gasteiger partial charge on any atom is -0.497 e. The van der Waals surface area contributed by atoms with Crippen molar-refractivity contribution in [3.05, 3.63) is 29.3 Å². The molecule has 21 heavy (non-hydrogen) atoms. The average molecular weight is 286 g/mol. The summed E-state index contributed by atoms with van der Waals surface area (Å²) in [5.74, 6) is 3.20. The zero-order chi connectivity index (χ0) is 14.6. The molecule has 3 aliphatic carbocycles. The van der Waals surface area contributed by atoms with Gasteiger partial charge in [0.2, 0.25) is 0 Å². The summed E-state index contributed by atoms with van der Waals surface area (Å²) < 4.78 is 5.38. The lowest BCUT2D eigenvalue weighted by molar-refractivity contribution is -0.0226. The van der Waals surface area contributed by atoms with Crippen molar-refractivity contribution in [2.24, 2.45) is 17.3 Å². The summed E-state index contributed by atoms with van der Waals surface area (Å²) in [6.07, 6.45) is 7.07. The molecule has 2 fully saturated rings. The highest BCUT2D eigenvalue weighted by Gasteiger charge is 2.54. The Kier molecular flexibility index (Phi) is 3.08. The van der Waals surface area contributed by atoms with Crippen LogP contribution in [0.25, 0.3) is 0 Å². The number of hydrogen-bond acceptors (Lipinski definition) is 2. The molecule has 2 nitrogen and oxygen atoms in total. The number of hydrogen-bond donors (Lipinski definition) is 1. The van der Waals surface area contributed by atoms with Crippen LogP contribution in [0.4, 0.5) is 0 Å². The molecule has 0 saturated heterocycles. The fourth-order valence-corrected chi connectivity index (χ4v) is 5.66. The van der Waals surface area contributed by atoms with Crippen molar-refractivity contribution in [3.8, 4) is 5.75 Å². The van der Waals surface area contributed by atoms with E-state index in [2.05, 4.69) is 25.1 Å². The van der Waals surface area contributed by atoms with Gasteiger partial charge in [-0.3, -0.25) is 0 Å². The predicted octanol–water partition coefficient (Wildman–Crippen LogP) is 3.91. The van der Waals surface area contributed by atoms with Gasteiger partial charge in [-0.1, -0.05) is 13.0 Å². The quantitative estimate of drug-likeness (QED) is 0.848. The third-order valence-corrected chi connectivity index (χ3v) is 6.88. The van der Waals surface area contributed by atoms with Crippen molar-refractivity contribution in [3.63, 3.8) is 0 Å². The highest BCUT2D eigenvalue weighted by Crippen LogP contribution is 2.60. The molecule has 2 heteroatoms. The molecule has 114 valence electrons. The first-order valence-electron chi connectivity index (χ1n) is 8.48. The van der Waals surface area contributed by atoms with E-state index in [4.69, 9.17) is 4.74 Å². The molecule has 4 unspecified atom stereocenters. The van der Waals surface area contributed by atoms with Crippen LogP contribution in [0.5, 0.6) is 5.75 Å². The van der Waals surface area contributed by atoms with Gasteiger partial charge in [-0.15, -0.1) is 0 Å². The van der Waals surface area contributed by atoms with Gasteiger partial charge < -0.3 is 9.84 Å². The molecule has 1 aromatic carbocycles. The molecule has 0 radical (unpaired) electrons. The molecule has 0 aromatic heterocycles. The summed E-state index contributed by atoms with van der Waals surface area (Å²) in [5, 5.41) is 10.4. The second kappa shape index (κ2) is 4.74. The summed E-state index contributed by atoms with van der Waals surface area (Å²) in [7, 11) is 1.75. The maximum Gasteiger partial charge on any atom is 0.119 e. The minimum absolute atomic E-state index is 0.0688. The van der Waals surface area contributed by atoms with Crippen LogP contribution in [-0.2, 0) is 6.42 Å². The van der Waals surface area contributed by atoms with E-state index >= 15 is 0 Å². The van der Waals surface area contributed by atoms with E-state index in [1.54, 1.807) is 12.7 Å². The molecule has 3 aliphatic rings. The molecule has 0 aliphatic heterocycles. The largest absolute Gasteiger partial charge is 0.497 e. The van der Waals surface area contributed by atoms with E-state index in [1.807, 2.05) is 0 Å². The smallest absolute Gasteiger partial charge is 0.119 e. The van der Waals surface area contributed by atoms with E-state index in [-0.39, 0.29) is 11.5 Å². The lowest BCUT2D eigenvalue weighted by Gasteiger charge is -2.50. The van der Waals surface area contributed by atoms with Crippen LogP contribution in [-0.4, -0.2) is 18.3 Å². The van der Waals surface area contributed by atoms with Gasteiger partial charge in [-0.05, 0) is 85.0 Å². The average Bonchev–Trinajstić information content (AvgIpc) is 2.82.